The quantitative estimate of drug-likeness (QED) is 0.743. The summed E-state index contributed by atoms with van der Waals surface area (Å²) in [7, 11) is 2.03. The van der Waals surface area contributed by atoms with E-state index in [1.54, 1.807) is 6.20 Å². The summed E-state index contributed by atoms with van der Waals surface area (Å²) in [6.07, 6.45) is 4.17. The largest absolute Gasteiger partial charge is 0.350 e. The number of para-hydroxylation sites is 1. The number of rotatable bonds is 2. The van der Waals surface area contributed by atoms with Crippen molar-refractivity contribution in [2.45, 2.75) is 6.42 Å². The molecule has 2 aromatic heterocycles. The monoisotopic (exact) mass is 236 g/mol. The summed E-state index contributed by atoms with van der Waals surface area (Å²) in [4.78, 5) is 7.40. The molecule has 0 amide bonds. The van der Waals surface area contributed by atoms with Crippen molar-refractivity contribution >= 4 is 10.9 Å². The lowest BCUT2D eigenvalue weighted by molar-refractivity contribution is 0.969. The van der Waals surface area contributed by atoms with Crippen molar-refractivity contribution in [1.29, 1.82) is 5.26 Å². The predicted molar refractivity (Wildman–Crippen MR) is 69.8 cm³/mol. The molecule has 1 N–H and O–H groups in total. The van der Waals surface area contributed by atoms with Gasteiger partial charge >= 0.3 is 0 Å². The van der Waals surface area contributed by atoms with Gasteiger partial charge in [-0.2, -0.15) is 5.26 Å². The molecule has 4 heteroatoms. The van der Waals surface area contributed by atoms with E-state index >= 15 is 0 Å². The molecule has 0 saturated heterocycles. The Morgan fingerprint density at radius 2 is 2.22 bits per heavy atom. The maximum Gasteiger partial charge on any atom is 0.120 e. The lowest BCUT2D eigenvalue weighted by atomic mass is 10.1. The number of nitrogens with zero attached hydrogens (tertiary/aromatic N) is 3. The molecular formula is C14H12N4. The summed E-state index contributed by atoms with van der Waals surface area (Å²) in [6.45, 7) is 0. The summed E-state index contributed by atoms with van der Waals surface area (Å²) in [6, 6.07) is 10.3. The standard InChI is InChI=1S/C14H12N4/c1-18-9-11(10-4-2-3-5-13(10)18)12-8-16-14(17-12)6-7-15/h2-5,8-9H,6H2,1H3,(H,16,17). The summed E-state index contributed by atoms with van der Waals surface area (Å²) < 4.78 is 2.09. The summed E-state index contributed by atoms with van der Waals surface area (Å²) in [5.41, 5.74) is 3.26. The number of benzene rings is 1. The third-order valence-electron chi connectivity index (χ3n) is 3.06. The molecule has 0 bridgehead atoms. The second-order valence-electron chi connectivity index (χ2n) is 4.25. The molecule has 0 aliphatic heterocycles. The van der Waals surface area contributed by atoms with Gasteiger partial charge < -0.3 is 9.55 Å². The van der Waals surface area contributed by atoms with Crippen molar-refractivity contribution < 1.29 is 0 Å². The van der Waals surface area contributed by atoms with Crippen LogP contribution in [-0.4, -0.2) is 14.5 Å². The third kappa shape index (κ3) is 1.57. The molecule has 3 aromatic rings. The fourth-order valence-corrected chi connectivity index (χ4v) is 2.22. The van der Waals surface area contributed by atoms with Gasteiger partial charge in [-0.15, -0.1) is 0 Å². The smallest absolute Gasteiger partial charge is 0.120 e. The van der Waals surface area contributed by atoms with Crippen LogP contribution in [0.25, 0.3) is 22.2 Å². The Morgan fingerprint density at radius 3 is 3.06 bits per heavy atom. The molecule has 18 heavy (non-hydrogen) atoms. The molecule has 2 heterocycles. The Balaban J connectivity index is 2.16. The first-order valence-electron chi connectivity index (χ1n) is 5.75. The average molecular weight is 236 g/mol. The molecule has 0 radical (unpaired) electrons. The molecule has 0 aliphatic carbocycles. The zero-order valence-electron chi connectivity index (χ0n) is 10.0. The summed E-state index contributed by atoms with van der Waals surface area (Å²) in [5.74, 6) is 0.709. The van der Waals surface area contributed by atoms with Crippen LogP contribution in [0.4, 0.5) is 0 Å². The van der Waals surface area contributed by atoms with Crippen LogP contribution in [0, 0.1) is 11.3 Å². The first kappa shape index (κ1) is 10.6. The second kappa shape index (κ2) is 4.04. The van der Waals surface area contributed by atoms with Crippen LogP contribution in [0.2, 0.25) is 0 Å². The minimum Gasteiger partial charge on any atom is -0.350 e. The Labute approximate surface area is 105 Å². The van der Waals surface area contributed by atoms with Crippen molar-refractivity contribution in [1.82, 2.24) is 14.5 Å². The van der Waals surface area contributed by atoms with E-state index in [1.165, 1.54) is 10.9 Å². The number of aryl methyl sites for hydroxylation is 1. The molecule has 0 aliphatic rings. The van der Waals surface area contributed by atoms with Crippen LogP contribution >= 0.6 is 0 Å². The number of H-pyrrole nitrogens is 1. The molecule has 0 spiro atoms. The van der Waals surface area contributed by atoms with Crippen LogP contribution < -0.4 is 0 Å². The van der Waals surface area contributed by atoms with E-state index < -0.39 is 0 Å². The van der Waals surface area contributed by atoms with Gasteiger partial charge in [0.2, 0.25) is 0 Å². The average Bonchev–Trinajstić information content (AvgIpc) is 2.96. The van der Waals surface area contributed by atoms with Crippen molar-refractivity contribution in [2.24, 2.45) is 7.05 Å². The zero-order valence-corrected chi connectivity index (χ0v) is 10.0. The van der Waals surface area contributed by atoms with Gasteiger partial charge in [-0.3, -0.25) is 0 Å². The Morgan fingerprint density at radius 1 is 1.39 bits per heavy atom. The van der Waals surface area contributed by atoms with Crippen LogP contribution in [0.5, 0.6) is 0 Å². The first-order valence-corrected chi connectivity index (χ1v) is 5.75. The molecule has 0 saturated carbocycles. The van der Waals surface area contributed by atoms with Crippen molar-refractivity contribution in [3.63, 3.8) is 0 Å². The summed E-state index contributed by atoms with van der Waals surface area (Å²) >= 11 is 0. The number of aromatic amines is 1. The fourth-order valence-electron chi connectivity index (χ4n) is 2.22. The Bertz CT molecular complexity index is 743. The Kier molecular flexibility index (Phi) is 2.38. The van der Waals surface area contributed by atoms with Gasteiger partial charge in [0.1, 0.15) is 5.82 Å². The van der Waals surface area contributed by atoms with Crippen LogP contribution in [0.3, 0.4) is 0 Å². The van der Waals surface area contributed by atoms with E-state index in [-0.39, 0.29) is 0 Å². The van der Waals surface area contributed by atoms with E-state index in [2.05, 4.69) is 38.9 Å². The van der Waals surface area contributed by atoms with Gasteiger partial charge in [-0.25, -0.2) is 4.98 Å². The zero-order chi connectivity index (χ0) is 12.5. The topological polar surface area (TPSA) is 57.4 Å². The lowest BCUT2D eigenvalue weighted by Gasteiger charge is -1.94. The highest BCUT2D eigenvalue weighted by Crippen LogP contribution is 2.28. The van der Waals surface area contributed by atoms with Gasteiger partial charge in [0, 0.05) is 29.7 Å². The van der Waals surface area contributed by atoms with Crippen LogP contribution in [-0.2, 0) is 13.5 Å². The van der Waals surface area contributed by atoms with E-state index in [9.17, 15) is 0 Å². The van der Waals surface area contributed by atoms with Crippen molar-refractivity contribution in [2.75, 3.05) is 0 Å². The molecule has 0 atom stereocenters. The van der Waals surface area contributed by atoms with Crippen molar-refractivity contribution in [3.8, 4) is 17.3 Å². The number of nitriles is 1. The van der Waals surface area contributed by atoms with Crippen LogP contribution in [0.1, 0.15) is 5.82 Å². The normalized spacial score (nSPS) is 10.7. The van der Waals surface area contributed by atoms with Gasteiger partial charge in [0.05, 0.1) is 24.4 Å². The number of nitrogens with one attached hydrogen (secondary N) is 1. The predicted octanol–water partition coefficient (Wildman–Crippen LogP) is 2.63. The molecule has 0 fully saturated rings. The Hall–Kier alpha value is -2.54. The molecule has 88 valence electrons. The number of fused-ring (bicyclic) bond motifs is 1. The number of hydrogen-bond acceptors (Lipinski definition) is 2. The van der Waals surface area contributed by atoms with Gasteiger partial charge in [-0.05, 0) is 6.07 Å². The number of imidazole rings is 1. The highest BCUT2D eigenvalue weighted by Gasteiger charge is 2.10. The molecule has 4 nitrogen and oxygen atoms in total. The molecule has 3 rings (SSSR count). The minimum atomic E-state index is 0.310. The van der Waals surface area contributed by atoms with Crippen LogP contribution in [0.15, 0.2) is 36.7 Å². The molecule has 1 aromatic carbocycles. The minimum absolute atomic E-state index is 0.310. The van der Waals surface area contributed by atoms with E-state index in [1.807, 2.05) is 19.2 Å². The van der Waals surface area contributed by atoms with Gasteiger partial charge in [0.25, 0.3) is 0 Å². The molecule has 0 unspecified atom stereocenters. The second-order valence-corrected chi connectivity index (χ2v) is 4.25. The van der Waals surface area contributed by atoms with Gasteiger partial charge in [0.15, 0.2) is 0 Å². The number of hydrogen-bond donors (Lipinski definition) is 1. The third-order valence-corrected chi connectivity index (χ3v) is 3.06. The maximum absolute atomic E-state index is 8.66. The van der Waals surface area contributed by atoms with E-state index in [0.717, 1.165) is 11.3 Å². The lowest BCUT2D eigenvalue weighted by Crippen LogP contribution is -1.83. The highest BCUT2D eigenvalue weighted by atomic mass is 14.9. The van der Waals surface area contributed by atoms with E-state index in [4.69, 9.17) is 5.26 Å². The van der Waals surface area contributed by atoms with Crippen molar-refractivity contribution in [3.05, 3.63) is 42.5 Å². The maximum atomic E-state index is 8.66. The SMILES string of the molecule is Cn1cc(-c2cnc(CC#N)[nH]2)c2ccccc21. The summed E-state index contributed by atoms with van der Waals surface area (Å²) in [5, 5.41) is 9.85. The molecular weight excluding hydrogens is 224 g/mol. The highest BCUT2D eigenvalue weighted by molar-refractivity contribution is 5.95. The van der Waals surface area contributed by atoms with Gasteiger partial charge in [-0.1, -0.05) is 18.2 Å². The fraction of sp³-hybridized carbons (Fsp3) is 0.143. The van der Waals surface area contributed by atoms with E-state index in [0.29, 0.717) is 12.2 Å². The first-order chi connectivity index (χ1) is 8.79. The number of aromatic nitrogens is 3.